The number of amides is 1. The van der Waals surface area contributed by atoms with E-state index in [1.165, 1.54) is 12.1 Å². The molecule has 7 heteroatoms. The van der Waals surface area contributed by atoms with Gasteiger partial charge in [-0.3, -0.25) is 4.79 Å². The molecule has 0 fully saturated rings. The minimum Gasteiger partial charge on any atom is -0.484 e. The summed E-state index contributed by atoms with van der Waals surface area (Å²) in [5, 5.41) is 3.24. The lowest BCUT2D eigenvalue weighted by molar-refractivity contribution is -0.137. The Hall–Kier alpha value is -2.21. The maximum atomic E-state index is 12.6. The smallest absolute Gasteiger partial charge is 0.416 e. The first kappa shape index (κ1) is 18.1. The first-order valence-electron chi connectivity index (χ1n) is 7.10. The molecule has 128 valence electrons. The zero-order valence-electron chi connectivity index (χ0n) is 12.7. The van der Waals surface area contributed by atoms with Gasteiger partial charge in [0.05, 0.1) is 11.6 Å². The second-order valence-corrected chi connectivity index (χ2v) is 5.59. The van der Waals surface area contributed by atoms with E-state index in [-0.39, 0.29) is 18.4 Å². The molecule has 0 saturated heterocycles. The Morgan fingerprint density at radius 2 is 1.92 bits per heavy atom. The fraction of sp³-hybridized carbons (Fsp3) is 0.235. The summed E-state index contributed by atoms with van der Waals surface area (Å²) in [5.74, 6) is -0.463. The summed E-state index contributed by atoms with van der Waals surface area (Å²) in [6, 6.07) is 11.1. The maximum Gasteiger partial charge on any atom is 0.416 e. The Balaban J connectivity index is 1.91. The molecular weight excluding hydrogens is 343 g/mol. The number of carbonyl (C=O) groups excluding carboxylic acids is 1. The maximum absolute atomic E-state index is 12.6. The molecule has 1 amide bonds. The lowest BCUT2D eigenvalue weighted by atomic mass is 10.1. The number of hydrogen-bond donors (Lipinski definition) is 1. The van der Waals surface area contributed by atoms with E-state index in [1.54, 1.807) is 25.1 Å². The van der Waals surface area contributed by atoms with Crippen molar-refractivity contribution in [3.63, 3.8) is 0 Å². The van der Waals surface area contributed by atoms with Crippen molar-refractivity contribution in [1.29, 1.82) is 0 Å². The molecule has 0 bridgehead atoms. The van der Waals surface area contributed by atoms with E-state index < -0.39 is 17.6 Å². The molecule has 2 aromatic rings. The molecule has 0 aliphatic heterocycles. The lowest BCUT2D eigenvalue weighted by Gasteiger charge is -2.15. The summed E-state index contributed by atoms with van der Waals surface area (Å²) in [6.45, 7) is 1.39. The molecule has 1 N–H and O–H groups in total. The van der Waals surface area contributed by atoms with Crippen LogP contribution in [-0.2, 0) is 11.0 Å². The third kappa shape index (κ3) is 5.16. The van der Waals surface area contributed by atoms with Crippen LogP contribution in [0.1, 0.15) is 24.1 Å². The number of hydrogen-bond acceptors (Lipinski definition) is 2. The number of rotatable bonds is 5. The van der Waals surface area contributed by atoms with Crippen molar-refractivity contribution in [1.82, 2.24) is 5.32 Å². The molecule has 24 heavy (non-hydrogen) atoms. The number of benzene rings is 2. The second kappa shape index (κ2) is 7.57. The third-order valence-electron chi connectivity index (χ3n) is 3.26. The molecule has 0 aliphatic rings. The molecule has 0 heterocycles. The second-order valence-electron chi connectivity index (χ2n) is 5.16. The van der Waals surface area contributed by atoms with E-state index in [0.717, 1.165) is 17.7 Å². The molecule has 2 aromatic carbocycles. The topological polar surface area (TPSA) is 38.3 Å². The van der Waals surface area contributed by atoms with Crippen LogP contribution in [0, 0.1) is 0 Å². The Labute approximate surface area is 142 Å². The van der Waals surface area contributed by atoms with Crippen molar-refractivity contribution >= 4 is 17.5 Å². The van der Waals surface area contributed by atoms with Crippen LogP contribution in [0.3, 0.4) is 0 Å². The predicted molar refractivity (Wildman–Crippen MR) is 84.9 cm³/mol. The van der Waals surface area contributed by atoms with Gasteiger partial charge < -0.3 is 10.1 Å². The number of ether oxygens (including phenoxy) is 1. The van der Waals surface area contributed by atoms with Crippen LogP contribution in [0.15, 0.2) is 48.5 Å². The fourth-order valence-electron chi connectivity index (χ4n) is 2.05. The number of nitrogens with one attached hydrogen (secondary N) is 1. The van der Waals surface area contributed by atoms with E-state index >= 15 is 0 Å². The normalized spacial score (nSPS) is 12.5. The molecule has 3 nitrogen and oxygen atoms in total. The summed E-state index contributed by atoms with van der Waals surface area (Å²) in [5.41, 5.74) is -0.0115. The van der Waals surface area contributed by atoms with Crippen molar-refractivity contribution in [2.75, 3.05) is 6.61 Å². The number of halogens is 4. The highest BCUT2D eigenvalue weighted by molar-refractivity contribution is 6.30. The summed E-state index contributed by atoms with van der Waals surface area (Å²) in [6.07, 6.45) is -4.46. The molecule has 0 radical (unpaired) electrons. The van der Waals surface area contributed by atoms with E-state index in [2.05, 4.69) is 5.32 Å². The quantitative estimate of drug-likeness (QED) is 0.848. The predicted octanol–water partition coefficient (Wildman–Crippen LogP) is 4.62. The van der Waals surface area contributed by atoms with Gasteiger partial charge in [-0.25, -0.2) is 0 Å². The van der Waals surface area contributed by atoms with Gasteiger partial charge in [0.1, 0.15) is 5.75 Å². The van der Waals surface area contributed by atoms with Gasteiger partial charge in [-0.05, 0) is 42.8 Å². The highest BCUT2D eigenvalue weighted by atomic mass is 35.5. The Kier molecular flexibility index (Phi) is 5.72. The zero-order chi connectivity index (χ0) is 17.7. The minimum atomic E-state index is -4.46. The Morgan fingerprint density at radius 3 is 2.58 bits per heavy atom. The van der Waals surface area contributed by atoms with Gasteiger partial charge in [-0.15, -0.1) is 0 Å². The number of carbonyl (C=O) groups is 1. The Bertz CT molecular complexity index is 719. The van der Waals surface area contributed by atoms with E-state index in [0.29, 0.717) is 5.02 Å². The van der Waals surface area contributed by atoms with Crippen molar-refractivity contribution in [3.8, 4) is 5.75 Å². The van der Waals surface area contributed by atoms with Gasteiger partial charge in [-0.1, -0.05) is 29.8 Å². The summed E-state index contributed by atoms with van der Waals surface area (Å²) >= 11 is 5.89. The van der Waals surface area contributed by atoms with Crippen LogP contribution in [0.25, 0.3) is 0 Å². The van der Waals surface area contributed by atoms with Gasteiger partial charge in [0.15, 0.2) is 6.61 Å². The highest BCUT2D eigenvalue weighted by Crippen LogP contribution is 2.31. The molecule has 0 aromatic heterocycles. The first-order chi connectivity index (χ1) is 11.3. The van der Waals surface area contributed by atoms with Crippen molar-refractivity contribution in [2.45, 2.75) is 19.1 Å². The van der Waals surface area contributed by atoms with Gasteiger partial charge in [0, 0.05) is 5.02 Å². The van der Waals surface area contributed by atoms with Crippen LogP contribution < -0.4 is 10.1 Å². The van der Waals surface area contributed by atoms with Crippen molar-refractivity contribution < 1.29 is 22.7 Å². The lowest BCUT2D eigenvalue weighted by Crippen LogP contribution is -2.31. The van der Waals surface area contributed by atoms with E-state index in [4.69, 9.17) is 16.3 Å². The molecule has 1 atom stereocenters. The summed E-state index contributed by atoms with van der Waals surface area (Å²) in [7, 11) is 0. The number of alkyl halides is 3. The standard InChI is InChI=1S/C17H15ClF3NO2/c1-11(12-4-2-6-14(18)8-12)22-16(23)10-24-15-7-3-5-13(9-15)17(19,20)21/h2-9,11H,10H2,1H3,(H,22,23)/t11-/m1/s1. The molecule has 0 saturated carbocycles. The van der Waals surface area contributed by atoms with Crippen LogP contribution >= 0.6 is 11.6 Å². The molecule has 0 spiro atoms. The SMILES string of the molecule is C[C@@H](NC(=O)COc1cccc(C(F)(F)F)c1)c1cccc(Cl)c1. The van der Waals surface area contributed by atoms with Crippen molar-refractivity contribution in [3.05, 3.63) is 64.7 Å². The van der Waals surface area contributed by atoms with Crippen molar-refractivity contribution in [2.24, 2.45) is 0 Å². The molecule has 0 unspecified atom stereocenters. The zero-order valence-corrected chi connectivity index (χ0v) is 13.5. The van der Waals surface area contributed by atoms with Gasteiger partial charge in [0.2, 0.25) is 0 Å². The van der Waals surface area contributed by atoms with Gasteiger partial charge >= 0.3 is 6.18 Å². The molecule has 2 rings (SSSR count). The third-order valence-corrected chi connectivity index (χ3v) is 3.49. The highest BCUT2D eigenvalue weighted by Gasteiger charge is 2.30. The Morgan fingerprint density at radius 1 is 1.21 bits per heavy atom. The average molecular weight is 358 g/mol. The van der Waals surface area contributed by atoms with E-state index in [9.17, 15) is 18.0 Å². The average Bonchev–Trinajstić information content (AvgIpc) is 2.52. The molecular formula is C17H15ClF3NO2. The minimum absolute atomic E-state index is 0.0182. The monoisotopic (exact) mass is 357 g/mol. The van der Waals surface area contributed by atoms with Gasteiger partial charge in [-0.2, -0.15) is 13.2 Å². The van der Waals surface area contributed by atoms with Gasteiger partial charge in [0.25, 0.3) is 5.91 Å². The van der Waals surface area contributed by atoms with Crippen LogP contribution in [0.2, 0.25) is 5.02 Å². The summed E-state index contributed by atoms with van der Waals surface area (Å²) < 4.78 is 43.0. The largest absolute Gasteiger partial charge is 0.484 e. The molecule has 0 aliphatic carbocycles. The fourth-order valence-corrected chi connectivity index (χ4v) is 2.25. The van der Waals surface area contributed by atoms with Crippen LogP contribution in [0.5, 0.6) is 5.75 Å². The van der Waals surface area contributed by atoms with Crippen LogP contribution in [0.4, 0.5) is 13.2 Å². The first-order valence-corrected chi connectivity index (χ1v) is 7.48. The summed E-state index contributed by atoms with van der Waals surface area (Å²) in [4.78, 5) is 11.9. The van der Waals surface area contributed by atoms with E-state index in [1.807, 2.05) is 6.07 Å². The van der Waals surface area contributed by atoms with Crippen LogP contribution in [-0.4, -0.2) is 12.5 Å².